The van der Waals surface area contributed by atoms with Crippen LogP contribution in [0, 0.1) is 6.92 Å². The molecule has 0 saturated heterocycles. The summed E-state index contributed by atoms with van der Waals surface area (Å²) < 4.78 is 4.24. The minimum Gasteiger partial charge on any atom is -0.336 e. The molecule has 2 aromatic heterocycles. The van der Waals surface area contributed by atoms with Gasteiger partial charge in [0.25, 0.3) is 5.91 Å². The van der Waals surface area contributed by atoms with Gasteiger partial charge in [-0.3, -0.25) is 14.2 Å². The number of nitrogens with zero attached hydrogens (tertiary/aromatic N) is 5. The number of rotatable bonds is 4. The molecule has 0 aliphatic heterocycles. The third-order valence-electron chi connectivity index (χ3n) is 3.25. The van der Waals surface area contributed by atoms with E-state index in [1.54, 1.807) is 29.9 Å². The largest absolute Gasteiger partial charge is 0.336 e. The normalized spacial score (nSPS) is 10.8. The molecule has 20 heavy (non-hydrogen) atoms. The Hall–Kier alpha value is -1.63. The second-order valence-electron chi connectivity index (χ2n) is 4.73. The summed E-state index contributed by atoms with van der Waals surface area (Å²) >= 11 is 3.35. The maximum atomic E-state index is 12.4. The highest BCUT2D eigenvalue weighted by atomic mass is 79.9. The van der Waals surface area contributed by atoms with Crippen LogP contribution in [0.15, 0.2) is 16.9 Å². The molecule has 2 rings (SSSR count). The quantitative estimate of drug-likeness (QED) is 0.855. The van der Waals surface area contributed by atoms with Crippen molar-refractivity contribution in [3.8, 4) is 0 Å². The van der Waals surface area contributed by atoms with Crippen molar-refractivity contribution in [3.63, 3.8) is 0 Å². The van der Waals surface area contributed by atoms with Gasteiger partial charge in [0.15, 0.2) is 5.69 Å². The molecule has 0 aliphatic carbocycles. The predicted octanol–water partition coefficient (Wildman–Crippen LogP) is 1.98. The molecule has 0 atom stereocenters. The summed E-state index contributed by atoms with van der Waals surface area (Å²) in [4.78, 5) is 14.0. The zero-order valence-electron chi connectivity index (χ0n) is 12.1. The Labute approximate surface area is 126 Å². The molecule has 7 heteroatoms. The van der Waals surface area contributed by atoms with E-state index in [1.807, 2.05) is 24.7 Å². The number of carbonyl (C=O) groups is 1. The molecule has 0 saturated carbocycles. The molecule has 0 radical (unpaired) electrons. The second kappa shape index (κ2) is 5.78. The fourth-order valence-electron chi connectivity index (χ4n) is 2.07. The van der Waals surface area contributed by atoms with Gasteiger partial charge in [0.2, 0.25) is 0 Å². The Morgan fingerprint density at radius 1 is 1.50 bits per heavy atom. The Bertz CT molecular complexity index is 631. The van der Waals surface area contributed by atoms with Gasteiger partial charge in [0, 0.05) is 44.6 Å². The third kappa shape index (κ3) is 2.77. The highest BCUT2D eigenvalue weighted by molar-refractivity contribution is 9.10. The fourth-order valence-corrected chi connectivity index (χ4v) is 2.62. The van der Waals surface area contributed by atoms with E-state index in [4.69, 9.17) is 0 Å². The van der Waals surface area contributed by atoms with Gasteiger partial charge in [-0.2, -0.15) is 10.2 Å². The minimum atomic E-state index is -0.110. The van der Waals surface area contributed by atoms with Gasteiger partial charge in [-0.1, -0.05) is 0 Å². The summed E-state index contributed by atoms with van der Waals surface area (Å²) in [5.74, 6) is -0.110. The van der Waals surface area contributed by atoms with E-state index in [9.17, 15) is 4.79 Å². The van der Waals surface area contributed by atoms with Gasteiger partial charge < -0.3 is 4.90 Å². The number of aryl methyl sites for hydroxylation is 2. The molecular formula is C13H18BrN5O. The van der Waals surface area contributed by atoms with Crippen molar-refractivity contribution < 1.29 is 4.79 Å². The van der Waals surface area contributed by atoms with Crippen molar-refractivity contribution in [1.82, 2.24) is 24.5 Å². The van der Waals surface area contributed by atoms with Crippen molar-refractivity contribution in [2.24, 2.45) is 7.05 Å². The van der Waals surface area contributed by atoms with Crippen LogP contribution in [0.4, 0.5) is 0 Å². The van der Waals surface area contributed by atoms with Gasteiger partial charge in [-0.25, -0.2) is 0 Å². The zero-order valence-corrected chi connectivity index (χ0v) is 13.7. The summed E-state index contributed by atoms with van der Waals surface area (Å²) in [5, 5.41) is 8.47. The Kier molecular flexibility index (Phi) is 4.27. The summed E-state index contributed by atoms with van der Waals surface area (Å²) in [6, 6.07) is 0. The minimum absolute atomic E-state index is 0.110. The first-order valence-electron chi connectivity index (χ1n) is 6.40. The number of carbonyl (C=O) groups excluding carboxylic acids is 1. The van der Waals surface area contributed by atoms with E-state index >= 15 is 0 Å². The van der Waals surface area contributed by atoms with Gasteiger partial charge in [0.1, 0.15) is 0 Å². The molecule has 0 aliphatic rings. The molecule has 1 amide bonds. The van der Waals surface area contributed by atoms with E-state index < -0.39 is 0 Å². The van der Waals surface area contributed by atoms with Gasteiger partial charge in [-0.05, 0) is 29.8 Å². The smallest absolute Gasteiger partial charge is 0.275 e. The number of aromatic nitrogens is 4. The first kappa shape index (κ1) is 14.8. The highest BCUT2D eigenvalue weighted by Gasteiger charge is 2.20. The summed E-state index contributed by atoms with van der Waals surface area (Å²) in [6.45, 7) is 5.41. The topological polar surface area (TPSA) is 56.0 Å². The van der Waals surface area contributed by atoms with E-state index in [0.717, 1.165) is 17.8 Å². The third-order valence-corrected chi connectivity index (χ3v) is 3.83. The summed E-state index contributed by atoms with van der Waals surface area (Å²) in [6.07, 6.45) is 3.58. The van der Waals surface area contributed by atoms with Gasteiger partial charge in [0.05, 0.1) is 10.7 Å². The molecule has 0 unspecified atom stereocenters. The molecule has 2 aromatic rings. The summed E-state index contributed by atoms with van der Waals surface area (Å²) in [7, 11) is 3.56. The maximum absolute atomic E-state index is 12.4. The lowest BCUT2D eigenvalue weighted by Gasteiger charge is -2.16. The molecule has 0 bridgehead atoms. The van der Waals surface area contributed by atoms with Gasteiger partial charge >= 0.3 is 0 Å². The van der Waals surface area contributed by atoms with E-state index in [-0.39, 0.29) is 5.91 Å². The standard InChI is InChI=1S/C13H18BrN5O/c1-5-19-9(2)10(6-15-19)7-17(3)13(20)12-11(14)8-18(4)16-12/h6,8H,5,7H2,1-4H3. The molecule has 2 heterocycles. The highest BCUT2D eigenvalue weighted by Crippen LogP contribution is 2.17. The van der Waals surface area contributed by atoms with E-state index in [1.165, 1.54) is 0 Å². The molecule has 0 N–H and O–H groups in total. The Morgan fingerprint density at radius 2 is 2.20 bits per heavy atom. The van der Waals surface area contributed by atoms with Crippen molar-refractivity contribution in [3.05, 3.63) is 33.8 Å². The molecule has 0 fully saturated rings. The van der Waals surface area contributed by atoms with Crippen molar-refractivity contribution in [2.45, 2.75) is 26.9 Å². The van der Waals surface area contributed by atoms with Crippen LogP contribution in [0.1, 0.15) is 28.7 Å². The predicted molar refractivity (Wildman–Crippen MR) is 79.3 cm³/mol. The van der Waals surface area contributed by atoms with E-state index in [2.05, 4.69) is 26.1 Å². The van der Waals surface area contributed by atoms with Crippen molar-refractivity contribution in [1.29, 1.82) is 0 Å². The van der Waals surface area contributed by atoms with Crippen LogP contribution in [0.25, 0.3) is 0 Å². The second-order valence-corrected chi connectivity index (χ2v) is 5.59. The lowest BCUT2D eigenvalue weighted by Crippen LogP contribution is -2.27. The van der Waals surface area contributed by atoms with Crippen LogP contribution >= 0.6 is 15.9 Å². The first-order valence-corrected chi connectivity index (χ1v) is 7.19. The zero-order chi connectivity index (χ0) is 14.9. The first-order chi connectivity index (χ1) is 9.43. The van der Waals surface area contributed by atoms with Gasteiger partial charge in [-0.15, -0.1) is 0 Å². The van der Waals surface area contributed by atoms with Crippen LogP contribution in [-0.2, 0) is 20.1 Å². The average Bonchev–Trinajstić information content (AvgIpc) is 2.92. The molecule has 6 nitrogen and oxygen atoms in total. The number of halogens is 1. The maximum Gasteiger partial charge on any atom is 0.275 e. The molecule has 108 valence electrons. The Morgan fingerprint density at radius 3 is 2.70 bits per heavy atom. The number of amides is 1. The van der Waals surface area contributed by atoms with Crippen LogP contribution in [0.5, 0.6) is 0 Å². The lowest BCUT2D eigenvalue weighted by molar-refractivity contribution is 0.0777. The number of hydrogen-bond donors (Lipinski definition) is 0. The van der Waals surface area contributed by atoms with Crippen LogP contribution in [0.3, 0.4) is 0 Å². The summed E-state index contributed by atoms with van der Waals surface area (Å²) in [5.41, 5.74) is 2.57. The SMILES string of the molecule is CCn1ncc(CN(C)C(=O)c2nn(C)cc2Br)c1C. The lowest BCUT2D eigenvalue weighted by atomic mass is 10.2. The number of hydrogen-bond acceptors (Lipinski definition) is 3. The fraction of sp³-hybridized carbons (Fsp3) is 0.462. The molecular weight excluding hydrogens is 322 g/mol. The van der Waals surface area contributed by atoms with Crippen LogP contribution in [-0.4, -0.2) is 37.4 Å². The van der Waals surface area contributed by atoms with Crippen molar-refractivity contribution >= 4 is 21.8 Å². The average molecular weight is 340 g/mol. The molecule has 0 aromatic carbocycles. The Balaban J connectivity index is 2.15. The van der Waals surface area contributed by atoms with E-state index in [0.29, 0.717) is 16.7 Å². The molecule has 0 spiro atoms. The van der Waals surface area contributed by atoms with Crippen molar-refractivity contribution in [2.75, 3.05) is 7.05 Å². The monoisotopic (exact) mass is 339 g/mol. The van der Waals surface area contributed by atoms with Crippen LogP contribution < -0.4 is 0 Å². The van der Waals surface area contributed by atoms with Crippen LogP contribution in [0.2, 0.25) is 0 Å².